The van der Waals surface area contributed by atoms with Gasteiger partial charge < -0.3 is 9.47 Å². The van der Waals surface area contributed by atoms with E-state index in [0.717, 1.165) is 5.56 Å². The molecule has 1 aromatic rings. The lowest BCUT2D eigenvalue weighted by Crippen LogP contribution is -2.34. The number of hydrogen-bond donors (Lipinski definition) is 0. The Labute approximate surface area is 153 Å². The third-order valence-electron chi connectivity index (χ3n) is 3.86. The fourth-order valence-corrected chi connectivity index (χ4v) is 3.00. The molecular formula is C20H21N3O3. The standard InChI is InChI=1S/C20H21N3O3/c1-13-16(18(24)26-19(2,3)4)17(14-9-7-6-8-10-14)20(5,25-13)23-15(11-21)12-22/h6-10,17H,1-5H3/t17-,20-/m1/s1. The Balaban J connectivity index is 2.59. The summed E-state index contributed by atoms with van der Waals surface area (Å²) >= 11 is 0. The first kappa shape index (κ1) is 19.2. The SMILES string of the molecule is CC1=C(C(=O)OC(C)(C)C)[C@@H](c2ccccc2)[C@](C)(N=C(C#N)C#N)O1. The van der Waals surface area contributed by atoms with Crippen molar-refractivity contribution in [3.63, 3.8) is 0 Å². The molecule has 0 bridgehead atoms. The highest BCUT2D eigenvalue weighted by Gasteiger charge is 2.50. The molecule has 0 saturated heterocycles. The quantitative estimate of drug-likeness (QED) is 0.612. The molecule has 1 heterocycles. The number of rotatable bonds is 3. The van der Waals surface area contributed by atoms with E-state index in [0.29, 0.717) is 11.3 Å². The van der Waals surface area contributed by atoms with Gasteiger partial charge in [0.25, 0.3) is 0 Å². The normalized spacial score (nSPS) is 22.0. The average Bonchev–Trinajstić information content (AvgIpc) is 2.82. The van der Waals surface area contributed by atoms with Crippen molar-refractivity contribution in [3.05, 3.63) is 47.2 Å². The first-order chi connectivity index (χ1) is 12.1. The second-order valence-corrected chi connectivity index (χ2v) is 7.16. The van der Waals surface area contributed by atoms with Crippen molar-refractivity contribution >= 4 is 11.7 Å². The van der Waals surface area contributed by atoms with Crippen LogP contribution in [0.25, 0.3) is 0 Å². The lowest BCUT2D eigenvalue weighted by molar-refractivity contribution is -0.150. The number of ether oxygens (including phenoxy) is 2. The summed E-state index contributed by atoms with van der Waals surface area (Å²) in [6.07, 6.45) is 0. The molecule has 0 aromatic heterocycles. The molecule has 1 aliphatic heterocycles. The van der Waals surface area contributed by atoms with E-state index in [2.05, 4.69) is 4.99 Å². The summed E-state index contributed by atoms with van der Waals surface area (Å²) in [5.74, 6) is -0.733. The van der Waals surface area contributed by atoms with E-state index in [9.17, 15) is 4.79 Å². The second-order valence-electron chi connectivity index (χ2n) is 7.16. The number of carbonyl (C=O) groups is 1. The Kier molecular flexibility index (Phi) is 5.18. The number of hydrogen-bond acceptors (Lipinski definition) is 6. The maximum Gasteiger partial charge on any atom is 0.338 e. The summed E-state index contributed by atoms with van der Waals surface area (Å²) in [4.78, 5) is 17.0. The average molecular weight is 351 g/mol. The van der Waals surface area contributed by atoms with Gasteiger partial charge in [-0.3, -0.25) is 0 Å². The topological polar surface area (TPSA) is 95.5 Å². The zero-order valence-corrected chi connectivity index (χ0v) is 15.5. The van der Waals surface area contributed by atoms with Crippen LogP contribution in [0.1, 0.15) is 46.1 Å². The number of carbonyl (C=O) groups excluding carboxylic acids is 1. The number of benzene rings is 1. The number of allylic oxidation sites excluding steroid dienone is 1. The van der Waals surface area contributed by atoms with Gasteiger partial charge in [-0.1, -0.05) is 30.3 Å². The molecule has 0 spiro atoms. The second kappa shape index (κ2) is 7.01. The largest absolute Gasteiger partial charge is 0.469 e. The minimum absolute atomic E-state index is 0.313. The molecule has 6 heteroatoms. The summed E-state index contributed by atoms with van der Waals surface area (Å²) in [7, 11) is 0. The number of aliphatic imine (C=N–C) groups is 1. The zero-order chi connectivity index (χ0) is 19.5. The maximum atomic E-state index is 12.8. The zero-order valence-electron chi connectivity index (χ0n) is 15.5. The van der Waals surface area contributed by atoms with E-state index >= 15 is 0 Å². The Morgan fingerprint density at radius 2 is 1.81 bits per heavy atom. The molecule has 0 saturated carbocycles. The van der Waals surface area contributed by atoms with Crippen LogP contribution in [0.3, 0.4) is 0 Å². The lowest BCUT2D eigenvalue weighted by atomic mass is 9.84. The molecule has 0 fully saturated rings. The maximum absolute atomic E-state index is 12.8. The first-order valence-electron chi connectivity index (χ1n) is 8.19. The van der Waals surface area contributed by atoms with Gasteiger partial charge in [-0.05, 0) is 40.2 Å². The predicted molar refractivity (Wildman–Crippen MR) is 95.9 cm³/mol. The van der Waals surface area contributed by atoms with Crippen molar-refractivity contribution in [1.29, 1.82) is 10.5 Å². The number of nitriles is 2. The summed E-state index contributed by atoms with van der Waals surface area (Å²) < 4.78 is 11.4. The van der Waals surface area contributed by atoms with Crippen LogP contribution in [-0.4, -0.2) is 23.0 Å². The van der Waals surface area contributed by atoms with E-state index in [1.54, 1.807) is 46.8 Å². The first-order valence-corrected chi connectivity index (χ1v) is 8.19. The molecule has 1 aromatic carbocycles. The number of esters is 1. The highest BCUT2D eigenvalue weighted by molar-refractivity contribution is 6.10. The van der Waals surface area contributed by atoms with Crippen LogP contribution in [0.2, 0.25) is 0 Å². The van der Waals surface area contributed by atoms with E-state index < -0.39 is 23.2 Å². The molecule has 0 N–H and O–H groups in total. The van der Waals surface area contributed by atoms with Crippen molar-refractivity contribution in [2.45, 2.75) is 51.9 Å². The van der Waals surface area contributed by atoms with Crippen LogP contribution >= 0.6 is 0 Å². The molecule has 0 radical (unpaired) electrons. The molecule has 134 valence electrons. The molecule has 6 nitrogen and oxygen atoms in total. The van der Waals surface area contributed by atoms with Crippen LogP contribution in [0.5, 0.6) is 0 Å². The molecule has 2 rings (SSSR count). The smallest absolute Gasteiger partial charge is 0.338 e. The fraction of sp³-hybridized carbons (Fsp3) is 0.400. The van der Waals surface area contributed by atoms with E-state index in [-0.39, 0.29) is 5.71 Å². The fourth-order valence-electron chi connectivity index (χ4n) is 3.00. The number of nitrogens with zero attached hydrogens (tertiary/aromatic N) is 3. The van der Waals surface area contributed by atoms with Crippen molar-refractivity contribution in [1.82, 2.24) is 0 Å². The summed E-state index contributed by atoms with van der Waals surface area (Å²) in [5, 5.41) is 18.2. The van der Waals surface area contributed by atoms with Gasteiger partial charge >= 0.3 is 5.97 Å². The predicted octanol–water partition coefficient (Wildman–Crippen LogP) is 3.62. The van der Waals surface area contributed by atoms with Crippen molar-refractivity contribution in [2.24, 2.45) is 4.99 Å². The minimum Gasteiger partial charge on any atom is -0.469 e. The molecule has 26 heavy (non-hydrogen) atoms. The van der Waals surface area contributed by atoms with Gasteiger partial charge in [0, 0.05) is 0 Å². The van der Waals surface area contributed by atoms with Crippen molar-refractivity contribution in [2.75, 3.05) is 0 Å². The third kappa shape index (κ3) is 3.92. The highest BCUT2D eigenvalue weighted by Crippen LogP contribution is 2.47. The monoisotopic (exact) mass is 351 g/mol. The lowest BCUT2D eigenvalue weighted by Gasteiger charge is -2.29. The summed E-state index contributed by atoms with van der Waals surface area (Å²) in [5.41, 5.74) is -1.15. The molecule has 0 unspecified atom stereocenters. The van der Waals surface area contributed by atoms with Crippen LogP contribution in [0.4, 0.5) is 0 Å². The third-order valence-corrected chi connectivity index (χ3v) is 3.86. The van der Waals surface area contributed by atoms with Crippen LogP contribution in [0, 0.1) is 22.7 Å². The molecule has 1 aliphatic rings. The molecule has 0 aliphatic carbocycles. The Bertz CT molecular complexity index is 835. The van der Waals surface area contributed by atoms with E-state index in [4.69, 9.17) is 20.0 Å². The highest BCUT2D eigenvalue weighted by atomic mass is 16.6. The van der Waals surface area contributed by atoms with Gasteiger partial charge in [-0.15, -0.1) is 0 Å². The van der Waals surface area contributed by atoms with Gasteiger partial charge in [-0.2, -0.15) is 10.5 Å². The molecule has 2 atom stereocenters. The van der Waals surface area contributed by atoms with Gasteiger partial charge in [0.15, 0.2) is 0 Å². The molecular weight excluding hydrogens is 330 g/mol. The van der Waals surface area contributed by atoms with Crippen LogP contribution in [0.15, 0.2) is 46.7 Å². The van der Waals surface area contributed by atoms with Crippen LogP contribution < -0.4 is 0 Å². The molecule has 0 amide bonds. The van der Waals surface area contributed by atoms with E-state index in [1.807, 2.05) is 30.3 Å². The Morgan fingerprint density at radius 3 is 2.31 bits per heavy atom. The summed E-state index contributed by atoms with van der Waals surface area (Å²) in [6, 6.07) is 12.7. The van der Waals surface area contributed by atoms with Gasteiger partial charge in [0.1, 0.15) is 23.5 Å². The van der Waals surface area contributed by atoms with Gasteiger partial charge in [0.2, 0.25) is 11.4 Å². The van der Waals surface area contributed by atoms with Gasteiger partial charge in [-0.25, -0.2) is 9.79 Å². The minimum atomic E-state index is -1.29. The Hall–Kier alpha value is -3.12. The van der Waals surface area contributed by atoms with Gasteiger partial charge in [0.05, 0.1) is 11.5 Å². The van der Waals surface area contributed by atoms with Crippen LogP contribution in [-0.2, 0) is 14.3 Å². The van der Waals surface area contributed by atoms with Crippen molar-refractivity contribution < 1.29 is 14.3 Å². The Morgan fingerprint density at radius 1 is 1.23 bits per heavy atom. The van der Waals surface area contributed by atoms with Crippen molar-refractivity contribution in [3.8, 4) is 12.1 Å². The summed E-state index contributed by atoms with van der Waals surface area (Å²) in [6.45, 7) is 8.67. The van der Waals surface area contributed by atoms with E-state index in [1.165, 1.54) is 0 Å².